The van der Waals surface area contributed by atoms with E-state index in [1.807, 2.05) is 6.92 Å². The van der Waals surface area contributed by atoms with Crippen LogP contribution in [0.2, 0.25) is 0 Å². The number of Topliss-reactive ketones (excluding diaryl/α,β-unsaturated/α-hetero) is 1. The molecule has 0 spiro atoms. The molecule has 3 aliphatic carbocycles. The number of ether oxygens (including phenoxy) is 6. The Labute approximate surface area is 370 Å². The molecule has 2 fully saturated rings. The molecule has 2 bridgehead atoms. The summed E-state index contributed by atoms with van der Waals surface area (Å²) < 4.78 is 35.4. The van der Waals surface area contributed by atoms with E-state index in [1.165, 1.54) is 27.2 Å². The van der Waals surface area contributed by atoms with Gasteiger partial charge in [0, 0.05) is 44.1 Å². The van der Waals surface area contributed by atoms with Crippen molar-refractivity contribution in [2.24, 2.45) is 22.7 Å². The largest absolute Gasteiger partial charge is 0.495 e. The van der Waals surface area contributed by atoms with Crippen LogP contribution >= 0.6 is 0 Å². The zero-order chi connectivity index (χ0) is 46.7. The van der Waals surface area contributed by atoms with Gasteiger partial charge in [0.2, 0.25) is 0 Å². The predicted molar refractivity (Wildman–Crippen MR) is 231 cm³/mol. The van der Waals surface area contributed by atoms with Gasteiger partial charge in [-0.15, -0.1) is 6.58 Å². The van der Waals surface area contributed by atoms with Gasteiger partial charge in [-0.3, -0.25) is 9.59 Å². The molecule has 0 aliphatic heterocycles. The molecule has 63 heavy (non-hydrogen) atoms. The number of hydrogen-bond acceptors (Lipinski definition) is 13. The first kappa shape index (κ1) is 48.7. The minimum atomic E-state index is -2.14. The number of esters is 3. The molecule has 2 unspecified atom stereocenters. The molecular formula is C49H63NO13. The van der Waals surface area contributed by atoms with E-state index in [1.54, 1.807) is 108 Å². The van der Waals surface area contributed by atoms with Gasteiger partial charge in [-0.05, 0) is 90.2 Å². The lowest BCUT2D eigenvalue weighted by Crippen LogP contribution is -2.71. The minimum absolute atomic E-state index is 0.0676. The number of methoxy groups -OCH3 is 1. The Morgan fingerprint density at radius 1 is 0.968 bits per heavy atom. The number of fused-ring (bicyclic) bond motifs is 3. The zero-order valence-corrected chi connectivity index (χ0v) is 38.0. The second-order valence-electron chi connectivity index (χ2n) is 18.4. The predicted octanol–water partition coefficient (Wildman–Crippen LogP) is 7.03. The lowest BCUT2D eigenvalue weighted by Gasteiger charge is -2.62. The van der Waals surface area contributed by atoms with Gasteiger partial charge >= 0.3 is 24.0 Å². The van der Waals surface area contributed by atoms with Crippen LogP contribution in [0.1, 0.15) is 104 Å². The van der Waals surface area contributed by atoms with Crippen LogP contribution in [0.15, 0.2) is 97.0 Å². The van der Waals surface area contributed by atoms with Crippen molar-refractivity contribution in [2.75, 3.05) is 7.11 Å². The number of aliphatic hydroxyl groups is 2. The number of nitrogens with one attached hydrogen (secondary N) is 1. The van der Waals surface area contributed by atoms with Crippen molar-refractivity contribution in [2.45, 2.75) is 135 Å². The lowest BCUT2D eigenvalue weighted by atomic mass is 9.46. The smallest absolute Gasteiger partial charge is 0.408 e. The molecule has 14 nitrogen and oxygen atoms in total. The van der Waals surface area contributed by atoms with E-state index >= 15 is 4.79 Å². The highest BCUT2D eigenvalue weighted by Crippen LogP contribution is 2.62. The Kier molecular flexibility index (Phi) is 14.5. The lowest BCUT2D eigenvalue weighted by molar-refractivity contribution is -0.224. The van der Waals surface area contributed by atoms with Crippen LogP contribution in [0.3, 0.4) is 0 Å². The summed E-state index contributed by atoms with van der Waals surface area (Å²) in [7, 11) is 1.48. The maximum Gasteiger partial charge on any atom is 0.408 e. The van der Waals surface area contributed by atoms with E-state index in [0.29, 0.717) is 16.7 Å². The quantitative estimate of drug-likeness (QED) is 0.0805. The van der Waals surface area contributed by atoms with Crippen molar-refractivity contribution >= 4 is 29.8 Å². The molecule has 2 saturated carbocycles. The summed E-state index contributed by atoms with van der Waals surface area (Å²) in [6.45, 7) is 19.0. The van der Waals surface area contributed by atoms with Crippen LogP contribution in [0.4, 0.5) is 4.79 Å². The highest BCUT2D eigenvalue weighted by molar-refractivity contribution is 5.92. The third kappa shape index (κ3) is 9.35. The minimum Gasteiger partial charge on any atom is -0.495 e. The fraction of sp³-hybridized carbons (Fsp3) is 0.531. The van der Waals surface area contributed by atoms with E-state index in [-0.39, 0.29) is 37.0 Å². The number of ketones is 1. The molecule has 3 aliphatic rings. The SMILES string of the molecule is C=CC1(C)C2=C(C)[C@@H](OC(=O)[C@H](O)[C@@](C)(NC(=O)OC(C)(C)C)c3ccccc3)C[C@@]1(O)[C@@H](OC(=O)c1ccccc1)[C@@H]1CC(O/C=C/OC(C)=O)C[C@H](OC)[C@@]1(C)C(=O)[C@@H]2CC. The molecule has 11 atom stereocenters. The number of carbonyl (C=O) groups excluding carboxylic acids is 5. The van der Waals surface area contributed by atoms with Gasteiger partial charge < -0.3 is 44.0 Å². The second-order valence-corrected chi connectivity index (χ2v) is 18.4. The molecule has 5 rings (SSSR count). The van der Waals surface area contributed by atoms with Crippen molar-refractivity contribution in [3.8, 4) is 0 Å². The second kappa shape index (κ2) is 18.8. The highest BCUT2D eigenvalue weighted by Gasteiger charge is 2.70. The van der Waals surface area contributed by atoms with Crippen molar-refractivity contribution in [3.05, 3.63) is 108 Å². The van der Waals surface area contributed by atoms with Gasteiger partial charge in [-0.2, -0.15) is 0 Å². The maximum absolute atomic E-state index is 15.6. The van der Waals surface area contributed by atoms with Gasteiger partial charge in [0.15, 0.2) is 6.10 Å². The van der Waals surface area contributed by atoms with E-state index in [4.69, 9.17) is 28.4 Å². The number of alkyl carbamates (subject to hydrolysis) is 1. The number of aliphatic hydroxyl groups excluding tert-OH is 1. The van der Waals surface area contributed by atoms with Gasteiger partial charge in [0.1, 0.15) is 53.4 Å². The summed E-state index contributed by atoms with van der Waals surface area (Å²) in [5.41, 5.74) is -6.25. The Bertz CT molecular complexity index is 2100. The fourth-order valence-corrected chi connectivity index (χ4v) is 9.98. The topological polar surface area (TPSA) is 193 Å². The van der Waals surface area contributed by atoms with Crippen molar-refractivity contribution < 1.29 is 62.6 Å². The molecule has 0 radical (unpaired) electrons. The van der Waals surface area contributed by atoms with Crippen LogP contribution in [0.5, 0.6) is 0 Å². The molecule has 0 aromatic heterocycles. The highest BCUT2D eigenvalue weighted by atomic mass is 16.6. The van der Waals surface area contributed by atoms with E-state index in [2.05, 4.69) is 11.9 Å². The Hall–Kier alpha value is -5.31. The van der Waals surface area contributed by atoms with Gasteiger partial charge in [-0.1, -0.05) is 61.5 Å². The van der Waals surface area contributed by atoms with Crippen molar-refractivity contribution in [1.29, 1.82) is 0 Å². The molecule has 2 aromatic rings. The first-order valence-electron chi connectivity index (χ1n) is 21.4. The summed E-state index contributed by atoms with van der Waals surface area (Å²) in [5, 5.41) is 28.4. The summed E-state index contributed by atoms with van der Waals surface area (Å²) in [6.07, 6.45) is -3.13. The van der Waals surface area contributed by atoms with E-state index in [9.17, 15) is 29.4 Å². The summed E-state index contributed by atoms with van der Waals surface area (Å²) in [5.74, 6) is -4.59. The molecule has 3 N–H and O–H groups in total. The molecule has 342 valence electrons. The molecule has 0 heterocycles. The van der Waals surface area contributed by atoms with Gasteiger partial charge in [-0.25, -0.2) is 14.4 Å². The molecule has 14 heteroatoms. The number of carbonyl (C=O) groups is 5. The Morgan fingerprint density at radius 3 is 2.14 bits per heavy atom. The van der Waals surface area contributed by atoms with Crippen molar-refractivity contribution in [1.82, 2.24) is 5.32 Å². The van der Waals surface area contributed by atoms with Crippen LogP contribution in [-0.4, -0.2) is 88.8 Å². The first-order chi connectivity index (χ1) is 29.5. The first-order valence-corrected chi connectivity index (χ1v) is 21.4. The normalized spacial score (nSPS) is 31.0. The summed E-state index contributed by atoms with van der Waals surface area (Å²) in [6, 6.07) is 16.6. The van der Waals surface area contributed by atoms with Gasteiger partial charge in [0.25, 0.3) is 0 Å². The molecular weight excluding hydrogens is 811 g/mol. The Morgan fingerprint density at radius 2 is 1.59 bits per heavy atom. The average Bonchev–Trinajstić information content (AvgIpc) is 3.24. The molecule has 1 amide bonds. The number of benzene rings is 2. The Balaban J connectivity index is 1.69. The third-order valence-corrected chi connectivity index (χ3v) is 13.4. The third-order valence-electron chi connectivity index (χ3n) is 13.4. The van der Waals surface area contributed by atoms with Crippen LogP contribution < -0.4 is 5.32 Å². The van der Waals surface area contributed by atoms with Gasteiger partial charge in [0.05, 0.1) is 17.1 Å². The van der Waals surface area contributed by atoms with Crippen LogP contribution in [0, 0.1) is 22.7 Å². The number of amides is 1. The zero-order valence-electron chi connectivity index (χ0n) is 38.0. The van der Waals surface area contributed by atoms with Crippen LogP contribution in [0.25, 0.3) is 0 Å². The number of rotatable bonds is 13. The van der Waals surface area contributed by atoms with Crippen molar-refractivity contribution in [3.63, 3.8) is 0 Å². The van der Waals surface area contributed by atoms with E-state index in [0.717, 1.165) is 6.26 Å². The number of hydrogen-bond donors (Lipinski definition) is 3. The maximum atomic E-state index is 15.6. The fourth-order valence-electron chi connectivity index (χ4n) is 9.98. The van der Waals surface area contributed by atoms with Crippen LogP contribution in [-0.2, 0) is 48.3 Å². The summed E-state index contributed by atoms with van der Waals surface area (Å²) in [4.78, 5) is 69.1. The average molecular weight is 874 g/mol. The standard InChI is InChI=1S/C49H63NO13/c1-12-34-38-29(3)36(61-43(55)40(53)48(10,32-22-18-15-19-23-32)50-44(56)63-45(5,6)7)28-49(57,46(38,8)13-2)41(62-42(54)31-20-16-14-17-21-31)35-26-33(60-25-24-59-30(4)51)27-37(58-11)47(35,9)39(34)52/h13-25,33-37,40-41,53,57H,2,12,26-28H2,1,3-11H3,(H,50,56)/b25-24+/t33?,34-,35+,36+,37+,40+,41+,46?,47+,48+,49-/m1/s1. The molecule has 0 saturated heterocycles. The monoisotopic (exact) mass is 873 g/mol. The summed E-state index contributed by atoms with van der Waals surface area (Å²) >= 11 is 0. The van der Waals surface area contributed by atoms with E-state index < -0.39 is 93.9 Å². The molecule has 2 aromatic carbocycles.